The number of methoxy groups -OCH3 is 2. The lowest BCUT2D eigenvalue weighted by atomic mass is 9.77. The molecule has 13 nitrogen and oxygen atoms in total. The zero-order valence-electron chi connectivity index (χ0n) is 36.7. The SMILES string of the molecule is C/C=C/[C@H]1O[C@@](O)([C@@H](C)[C@H](O)[C@H](C)[C@H]2OC(=O)/C(OC)=C/C(C)=C/[C@@H](C)[C@@H](O)[C@@H](CC)[C@@H](O)[C@H](C)CC(C)=CC=C[C@@H]2OC)C[C@@H](O[C@H]2C[C@@H](O)[C@H](O)[C@@H](C)O2)[C@@H]1C. The number of esters is 1. The van der Waals surface area contributed by atoms with E-state index in [0.717, 1.165) is 5.57 Å². The molecule has 0 bridgehead atoms. The van der Waals surface area contributed by atoms with Crippen LogP contribution in [0.2, 0.25) is 0 Å². The van der Waals surface area contributed by atoms with Gasteiger partial charge in [-0.05, 0) is 52.5 Å². The Morgan fingerprint density at radius 1 is 1.03 bits per heavy atom. The second-order valence-corrected chi connectivity index (χ2v) is 17.1. The van der Waals surface area contributed by atoms with Crippen molar-refractivity contribution in [1.29, 1.82) is 0 Å². The number of ether oxygens (including phenoxy) is 6. The van der Waals surface area contributed by atoms with Gasteiger partial charge in [-0.2, -0.15) is 0 Å². The van der Waals surface area contributed by atoms with Crippen molar-refractivity contribution < 1.29 is 63.9 Å². The largest absolute Gasteiger partial charge is 0.490 e. The van der Waals surface area contributed by atoms with Gasteiger partial charge in [0.2, 0.25) is 5.76 Å². The summed E-state index contributed by atoms with van der Waals surface area (Å²) >= 11 is 0. The highest BCUT2D eigenvalue weighted by Gasteiger charge is 2.52. The summed E-state index contributed by atoms with van der Waals surface area (Å²) < 4.78 is 36.1. The molecule has 0 amide bonds. The average molecular weight is 823 g/mol. The van der Waals surface area contributed by atoms with Crippen molar-refractivity contribution in [1.82, 2.24) is 0 Å². The fraction of sp³-hybridized carbons (Fsp3) is 0.756. The summed E-state index contributed by atoms with van der Waals surface area (Å²) in [5, 5.41) is 67.8. The highest BCUT2D eigenvalue weighted by molar-refractivity contribution is 5.87. The van der Waals surface area contributed by atoms with Gasteiger partial charge in [-0.3, -0.25) is 0 Å². The van der Waals surface area contributed by atoms with Crippen LogP contribution in [0.4, 0.5) is 0 Å². The number of carbonyl (C=O) groups excluding carboxylic acids is 1. The molecule has 2 saturated heterocycles. The van der Waals surface area contributed by atoms with Gasteiger partial charge in [0, 0.05) is 49.5 Å². The van der Waals surface area contributed by atoms with Crippen molar-refractivity contribution in [3.05, 3.63) is 59.4 Å². The summed E-state index contributed by atoms with van der Waals surface area (Å²) in [5.74, 6) is -5.78. The number of aliphatic hydroxyl groups excluding tert-OH is 5. The second kappa shape index (κ2) is 22.4. The van der Waals surface area contributed by atoms with Crippen LogP contribution >= 0.6 is 0 Å². The Morgan fingerprint density at radius 2 is 1.71 bits per heavy atom. The van der Waals surface area contributed by atoms with E-state index < -0.39 is 90.9 Å². The van der Waals surface area contributed by atoms with Crippen molar-refractivity contribution >= 4 is 5.97 Å². The van der Waals surface area contributed by atoms with E-state index in [1.54, 1.807) is 39.8 Å². The molecule has 3 heterocycles. The third-order valence-electron chi connectivity index (χ3n) is 12.5. The first-order valence-electron chi connectivity index (χ1n) is 21.0. The Bertz CT molecular complexity index is 1450. The number of rotatable bonds is 10. The van der Waals surface area contributed by atoms with E-state index in [2.05, 4.69) is 0 Å². The zero-order valence-corrected chi connectivity index (χ0v) is 36.7. The third kappa shape index (κ3) is 12.6. The van der Waals surface area contributed by atoms with Gasteiger partial charge in [-0.1, -0.05) is 89.1 Å². The van der Waals surface area contributed by atoms with Gasteiger partial charge in [0.1, 0.15) is 18.3 Å². The quantitative estimate of drug-likeness (QED) is 0.129. The number of carbonyl (C=O) groups is 1. The van der Waals surface area contributed by atoms with E-state index in [-0.39, 0.29) is 42.3 Å². The van der Waals surface area contributed by atoms with Gasteiger partial charge in [0.15, 0.2) is 12.1 Å². The van der Waals surface area contributed by atoms with Crippen LogP contribution in [0.5, 0.6) is 0 Å². The molecule has 0 unspecified atom stereocenters. The molecular weight excluding hydrogens is 748 g/mol. The predicted molar refractivity (Wildman–Crippen MR) is 220 cm³/mol. The summed E-state index contributed by atoms with van der Waals surface area (Å²) in [6, 6.07) is 0. The highest BCUT2D eigenvalue weighted by atomic mass is 16.7. The second-order valence-electron chi connectivity index (χ2n) is 17.1. The molecule has 58 heavy (non-hydrogen) atoms. The molecule has 3 aliphatic heterocycles. The first-order chi connectivity index (χ1) is 27.2. The molecule has 0 aromatic heterocycles. The molecule has 13 heteroatoms. The molecule has 0 saturated carbocycles. The Balaban J connectivity index is 2.02. The normalized spacial score (nSPS) is 42.4. The average Bonchev–Trinajstić information content (AvgIpc) is 3.17. The zero-order chi connectivity index (χ0) is 43.6. The van der Waals surface area contributed by atoms with Crippen LogP contribution in [0.3, 0.4) is 0 Å². The summed E-state index contributed by atoms with van der Waals surface area (Å²) in [5.41, 5.74) is 1.61. The molecule has 332 valence electrons. The van der Waals surface area contributed by atoms with Gasteiger partial charge < -0.3 is 59.1 Å². The lowest BCUT2D eigenvalue weighted by Crippen LogP contribution is -2.59. The van der Waals surface area contributed by atoms with E-state index in [1.165, 1.54) is 20.3 Å². The standard InChI is InChI=1S/C45H74O13/c1-13-16-34-28(7)37(56-38-22-33(46)42(50)31(10)55-38)23-45(52,58-34)30(9)41(49)29(8)43-35(53-11)18-15-17-24(3)19-26(5)39(47)32(14-2)40(48)27(6)20-25(4)21-36(54-12)44(51)57-43/h13,15-18,20-21,26-35,37-43,46-50,52H,14,19,22-23H2,1-12H3/b16-13+,18-15?,24-17?,25-20+,36-21-/t26-,27-,28-,29+,30+,31-,32+,33-,34-,35+,37-,38+,39+,40-,41-,42-,43-,45-/m1/s1. The Kier molecular flexibility index (Phi) is 19.3. The van der Waals surface area contributed by atoms with Gasteiger partial charge >= 0.3 is 5.97 Å². The third-order valence-corrected chi connectivity index (χ3v) is 12.5. The number of hydrogen-bond acceptors (Lipinski definition) is 13. The van der Waals surface area contributed by atoms with Crippen LogP contribution in [0, 0.1) is 35.5 Å². The van der Waals surface area contributed by atoms with Crippen LogP contribution in [0.25, 0.3) is 0 Å². The monoisotopic (exact) mass is 823 g/mol. The maximum absolute atomic E-state index is 13.9. The van der Waals surface area contributed by atoms with Crippen LogP contribution < -0.4 is 0 Å². The Hall–Kier alpha value is -2.43. The minimum Gasteiger partial charge on any atom is -0.490 e. The van der Waals surface area contributed by atoms with Crippen LogP contribution in [0.15, 0.2) is 59.4 Å². The highest BCUT2D eigenvalue weighted by Crippen LogP contribution is 2.42. The number of hydrogen-bond donors (Lipinski definition) is 6. The fourth-order valence-electron chi connectivity index (χ4n) is 8.64. The first kappa shape index (κ1) is 49.9. The molecule has 3 rings (SSSR count). The smallest absolute Gasteiger partial charge is 0.373 e. The lowest BCUT2D eigenvalue weighted by Gasteiger charge is -2.49. The summed E-state index contributed by atoms with van der Waals surface area (Å²) in [6.07, 6.45) is 3.82. The molecular formula is C45H74O13. The number of allylic oxidation sites excluding steroid dienone is 6. The van der Waals surface area contributed by atoms with E-state index >= 15 is 0 Å². The lowest BCUT2D eigenvalue weighted by molar-refractivity contribution is -0.339. The van der Waals surface area contributed by atoms with E-state index in [1.807, 2.05) is 65.8 Å². The Morgan fingerprint density at radius 3 is 2.29 bits per heavy atom. The maximum atomic E-state index is 13.9. The molecule has 18 atom stereocenters. The molecule has 0 aliphatic carbocycles. The molecule has 0 aromatic carbocycles. The van der Waals surface area contributed by atoms with E-state index in [0.29, 0.717) is 18.4 Å². The van der Waals surface area contributed by atoms with Crippen molar-refractivity contribution in [2.24, 2.45) is 35.5 Å². The summed E-state index contributed by atoms with van der Waals surface area (Å²) in [6.45, 7) is 18.3. The van der Waals surface area contributed by atoms with E-state index in [4.69, 9.17) is 28.4 Å². The minimum absolute atomic E-state index is 0.0414. The first-order valence-corrected chi connectivity index (χ1v) is 21.0. The topological polar surface area (TPSA) is 194 Å². The van der Waals surface area contributed by atoms with Crippen LogP contribution in [0.1, 0.15) is 94.9 Å². The summed E-state index contributed by atoms with van der Waals surface area (Å²) in [4.78, 5) is 13.9. The fourth-order valence-corrected chi connectivity index (χ4v) is 8.64. The van der Waals surface area contributed by atoms with Gasteiger partial charge in [0.25, 0.3) is 0 Å². The molecule has 0 aromatic rings. The Labute approximate surface area is 346 Å². The molecule has 6 N–H and O–H groups in total. The van der Waals surface area contributed by atoms with Crippen LogP contribution in [-0.2, 0) is 33.2 Å². The van der Waals surface area contributed by atoms with Crippen molar-refractivity contribution in [2.75, 3.05) is 14.2 Å². The molecule has 0 spiro atoms. The molecule has 3 aliphatic rings. The van der Waals surface area contributed by atoms with Crippen molar-refractivity contribution in [3.63, 3.8) is 0 Å². The van der Waals surface area contributed by atoms with Gasteiger partial charge in [0.05, 0.1) is 49.8 Å². The van der Waals surface area contributed by atoms with Gasteiger partial charge in [-0.25, -0.2) is 4.79 Å². The van der Waals surface area contributed by atoms with Crippen LogP contribution in [-0.4, -0.2) is 124 Å². The number of aliphatic hydroxyl groups is 6. The molecule has 2 fully saturated rings. The van der Waals surface area contributed by atoms with Crippen molar-refractivity contribution in [3.8, 4) is 0 Å². The number of cyclic esters (lactones) is 1. The van der Waals surface area contributed by atoms with E-state index in [9.17, 15) is 35.4 Å². The molecule has 0 radical (unpaired) electrons. The predicted octanol–water partition coefficient (Wildman–Crippen LogP) is 4.88. The van der Waals surface area contributed by atoms with Crippen molar-refractivity contribution in [2.45, 2.75) is 168 Å². The summed E-state index contributed by atoms with van der Waals surface area (Å²) in [7, 11) is 2.83. The van der Waals surface area contributed by atoms with Gasteiger partial charge in [-0.15, -0.1) is 0 Å². The minimum atomic E-state index is -1.93. The maximum Gasteiger partial charge on any atom is 0.373 e.